The predicted molar refractivity (Wildman–Crippen MR) is 160 cm³/mol. The number of halogens is 3. The molecule has 0 unspecified atom stereocenters. The first-order chi connectivity index (χ1) is 21.9. The van der Waals surface area contributed by atoms with Gasteiger partial charge in [-0.1, -0.05) is 30.3 Å². The van der Waals surface area contributed by atoms with Gasteiger partial charge in [-0.15, -0.1) is 13.2 Å². The lowest BCUT2D eigenvalue weighted by Gasteiger charge is -2.42. The maximum atomic E-state index is 13.7. The van der Waals surface area contributed by atoms with Gasteiger partial charge >= 0.3 is 12.5 Å². The number of aromatic nitrogens is 3. The summed E-state index contributed by atoms with van der Waals surface area (Å²) >= 11 is 0. The number of hydrogen-bond donors (Lipinski definition) is 2. The van der Waals surface area contributed by atoms with Crippen molar-refractivity contribution < 1.29 is 37.7 Å². The van der Waals surface area contributed by atoms with Crippen LogP contribution in [0.5, 0.6) is 5.75 Å². The van der Waals surface area contributed by atoms with Crippen LogP contribution in [-0.2, 0) is 11.3 Å². The highest BCUT2D eigenvalue weighted by Crippen LogP contribution is 2.35. The molecule has 46 heavy (non-hydrogen) atoms. The minimum Gasteiger partial charge on any atom is -0.465 e. The van der Waals surface area contributed by atoms with E-state index in [1.54, 1.807) is 21.7 Å². The van der Waals surface area contributed by atoms with Gasteiger partial charge in [0.05, 0.1) is 17.5 Å². The lowest BCUT2D eigenvalue weighted by atomic mass is 9.79. The molecule has 14 heteroatoms. The number of likely N-dealkylation sites (tertiary alicyclic amines) is 2. The Balaban J connectivity index is 1.13. The fraction of sp³-hybridized carbons (Fsp3) is 0.375. The van der Waals surface area contributed by atoms with Gasteiger partial charge in [0.15, 0.2) is 5.65 Å². The highest BCUT2D eigenvalue weighted by atomic mass is 19.4. The molecule has 0 spiro atoms. The van der Waals surface area contributed by atoms with Crippen molar-refractivity contribution in [3.8, 4) is 11.4 Å². The zero-order valence-electron chi connectivity index (χ0n) is 24.6. The van der Waals surface area contributed by atoms with Crippen LogP contribution in [0.15, 0.2) is 78.0 Å². The van der Waals surface area contributed by atoms with Crippen molar-refractivity contribution in [2.45, 2.75) is 43.7 Å². The molecule has 2 aromatic carbocycles. The van der Waals surface area contributed by atoms with Crippen LogP contribution in [0.3, 0.4) is 0 Å². The fourth-order valence-corrected chi connectivity index (χ4v) is 6.50. The molecule has 2 aromatic heterocycles. The molecule has 0 saturated carbocycles. The summed E-state index contributed by atoms with van der Waals surface area (Å²) in [6.07, 6.45) is -2.02. The van der Waals surface area contributed by atoms with Gasteiger partial charge < -0.3 is 29.3 Å². The first kappa shape index (κ1) is 31.1. The van der Waals surface area contributed by atoms with E-state index in [0.717, 1.165) is 5.56 Å². The average Bonchev–Trinajstić information content (AvgIpc) is 3.47. The molecule has 242 valence electrons. The molecule has 2 fully saturated rings. The largest absolute Gasteiger partial charge is 0.573 e. The molecule has 2 saturated heterocycles. The molecule has 2 aliphatic rings. The number of alkyl halides is 3. The zero-order chi connectivity index (χ0) is 32.6. The van der Waals surface area contributed by atoms with E-state index in [0.29, 0.717) is 17.8 Å². The van der Waals surface area contributed by atoms with E-state index in [2.05, 4.69) is 9.72 Å². The summed E-state index contributed by atoms with van der Waals surface area (Å²) in [4.78, 5) is 46.3. The van der Waals surface area contributed by atoms with Gasteiger partial charge in [0.1, 0.15) is 12.1 Å². The van der Waals surface area contributed by atoms with Gasteiger partial charge in [-0.05, 0) is 55.2 Å². The smallest absolute Gasteiger partial charge is 0.465 e. The van der Waals surface area contributed by atoms with Crippen LogP contribution in [0, 0.1) is 5.92 Å². The predicted octanol–water partition coefficient (Wildman–Crippen LogP) is 4.22. The van der Waals surface area contributed by atoms with Crippen LogP contribution in [0.4, 0.5) is 18.0 Å². The monoisotopic (exact) mass is 639 g/mol. The molecule has 2 N–H and O–H groups in total. The highest BCUT2D eigenvalue weighted by Gasteiger charge is 2.41. The summed E-state index contributed by atoms with van der Waals surface area (Å²) in [5, 5.41) is 21.3. The number of carbonyl (C=O) groups is 2. The Morgan fingerprint density at radius 2 is 1.67 bits per heavy atom. The molecule has 2 aliphatic heterocycles. The van der Waals surface area contributed by atoms with E-state index >= 15 is 0 Å². The molecule has 0 radical (unpaired) electrons. The number of amides is 2. The lowest BCUT2D eigenvalue weighted by Crippen LogP contribution is -2.53. The van der Waals surface area contributed by atoms with Crippen molar-refractivity contribution in [2.24, 2.45) is 5.92 Å². The minimum absolute atomic E-state index is 0.0326. The van der Waals surface area contributed by atoms with Crippen LogP contribution in [0.2, 0.25) is 0 Å². The molecule has 4 aromatic rings. The standard InChI is InChI=1S/C32H32F3N5O6/c33-32(34,35)46-23-8-6-22(7-9-23)40-15-11-25-27(40)36-20-39(29(25)42)19-31(45)12-16-37(17-13-31)28(41)24-10-14-38(30(43)44)18-26(24)21-4-2-1-3-5-21/h1-9,11,15,20,24,26,45H,10,12-14,16-19H2,(H,43,44)/t24-,26+/m1/s1. The molecule has 0 bridgehead atoms. The third-order valence-electron chi connectivity index (χ3n) is 8.92. The van der Waals surface area contributed by atoms with Crippen LogP contribution in [-0.4, -0.2) is 84.3 Å². The normalized spacial score (nSPS) is 20.1. The van der Waals surface area contributed by atoms with Crippen molar-refractivity contribution >= 4 is 23.0 Å². The number of aliphatic hydroxyl groups is 1. The number of piperidine rings is 2. The summed E-state index contributed by atoms with van der Waals surface area (Å²) in [6, 6.07) is 16.2. The SMILES string of the molecule is O=C(O)N1CC[C@@H](C(=O)N2CCC(O)(Cn3cnc4c(ccn4-c4ccc(OC(F)(F)F)cc4)c3=O)CC2)[C@H](c2ccccc2)C1. The van der Waals surface area contributed by atoms with Crippen LogP contribution < -0.4 is 10.3 Å². The Labute approximate surface area is 261 Å². The van der Waals surface area contributed by atoms with Gasteiger partial charge in [0, 0.05) is 49.9 Å². The Bertz CT molecular complexity index is 1780. The quantitative estimate of drug-likeness (QED) is 0.323. The average molecular weight is 640 g/mol. The van der Waals surface area contributed by atoms with E-state index < -0.39 is 24.0 Å². The maximum absolute atomic E-state index is 13.7. The molecule has 4 heterocycles. The van der Waals surface area contributed by atoms with E-state index in [4.69, 9.17) is 0 Å². The summed E-state index contributed by atoms with van der Waals surface area (Å²) in [5.74, 6) is -1.12. The van der Waals surface area contributed by atoms with Crippen LogP contribution in [0.1, 0.15) is 30.7 Å². The number of ether oxygens (including phenoxy) is 1. The van der Waals surface area contributed by atoms with Gasteiger partial charge in [0.2, 0.25) is 5.91 Å². The van der Waals surface area contributed by atoms with Crippen molar-refractivity contribution in [2.75, 3.05) is 26.2 Å². The Morgan fingerprint density at radius 1 is 0.978 bits per heavy atom. The lowest BCUT2D eigenvalue weighted by molar-refractivity contribution is -0.274. The van der Waals surface area contributed by atoms with E-state index in [9.17, 15) is 37.8 Å². The van der Waals surface area contributed by atoms with Gasteiger partial charge in [-0.25, -0.2) is 9.78 Å². The van der Waals surface area contributed by atoms with E-state index in [1.165, 1.54) is 40.1 Å². The molecular weight excluding hydrogens is 607 g/mol. The number of benzene rings is 2. The number of carbonyl (C=O) groups excluding carboxylic acids is 1. The number of rotatable bonds is 6. The molecule has 0 aliphatic carbocycles. The number of fused-ring (bicyclic) bond motifs is 1. The fourth-order valence-electron chi connectivity index (χ4n) is 6.50. The summed E-state index contributed by atoms with van der Waals surface area (Å²) in [6.45, 7) is 1.03. The van der Waals surface area contributed by atoms with Gasteiger partial charge in [-0.3, -0.25) is 14.2 Å². The summed E-state index contributed by atoms with van der Waals surface area (Å²) < 4.78 is 44.4. The molecule has 2 amide bonds. The van der Waals surface area contributed by atoms with Gasteiger partial charge in [-0.2, -0.15) is 0 Å². The molecular formula is C32H32F3N5O6. The highest BCUT2D eigenvalue weighted by molar-refractivity contribution is 5.81. The number of carboxylic acid groups (broad SMARTS) is 1. The zero-order valence-corrected chi connectivity index (χ0v) is 24.6. The first-order valence-corrected chi connectivity index (χ1v) is 14.9. The minimum atomic E-state index is -4.81. The van der Waals surface area contributed by atoms with Crippen LogP contribution >= 0.6 is 0 Å². The Morgan fingerprint density at radius 3 is 2.33 bits per heavy atom. The van der Waals surface area contributed by atoms with Crippen molar-refractivity contribution in [1.29, 1.82) is 0 Å². The summed E-state index contributed by atoms with van der Waals surface area (Å²) in [5.41, 5.74) is 0.0405. The second-order valence-electron chi connectivity index (χ2n) is 11.8. The Hall–Kier alpha value is -4.85. The van der Waals surface area contributed by atoms with E-state index in [1.807, 2.05) is 30.3 Å². The van der Waals surface area contributed by atoms with Crippen molar-refractivity contribution in [3.05, 3.63) is 89.1 Å². The Kier molecular flexibility index (Phi) is 8.23. The number of hydrogen-bond acceptors (Lipinski definition) is 6. The topological polar surface area (TPSA) is 130 Å². The van der Waals surface area contributed by atoms with Crippen molar-refractivity contribution in [3.63, 3.8) is 0 Å². The van der Waals surface area contributed by atoms with Crippen LogP contribution in [0.25, 0.3) is 16.7 Å². The molecule has 2 atom stereocenters. The third-order valence-corrected chi connectivity index (χ3v) is 8.92. The second kappa shape index (κ2) is 12.2. The molecule has 6 rings (SSSR count). The first-order valence-electron chi connectivity index (χ1n) is 14.9. The summed E-state index contributed by atoms with van der Waals surface area (Å²) in [7, 11) is 0. The second-order valence-corrected chi connectivity index (χ2v) is 11.8. The molecule has 11 nitrogen and oxygen atoms in total. The maximum Gasteiger partial charge on any atom is 0.573 e. The number of nitrogens with zero attached hydrogens (tertiary/aromatic N) is 5. The third kappa shape index (κ3) is 6.43. The van der Waals surface area contributed by atoms with Gasteiger partial charge in [0.25, 0.3) is 5.56 Å². The van der Waals surface area contributed by atoms with Crippen molar-refractivity contribution in [1.82, 2.24) is 23.9 Å². The van der Waals surface area contributed by atoms with E-state index in [-0.39, 0.29) is 74.1 Å².